The average Bonchev–Trinajstić information content (AvgIpc) is 2.60. The second kappa shape index (κ2) is 7.91. The van der Waals surface area contributed by atoms with Gasteiger partial charge in [0.15, 0.2) is 0 Å². The van der Waals surface area contributed by atoms with E-state index in [0.717, 1.165) is 6.07 Å². The minimum Gasteiger partial charge on any atom is -0.462 e. The van der Waals surface area contributed by atoms with Crippen LogP contribution in [0.3, 0.4) is 0 Å². The van der Waals surface area contributed by atoms with Gasteiger partial charge in [-0.15, -0.1) is 0 Å². The predicted octanol–water partition coefficient (Wildman–Crippen LogP) is 2.48. The van der Waals surface area contributed by atoms with E-state index in [4.69, 9.17) is 10.5 Å². The normalized spacial score (nSPS) is 10.1. The van der Waals surface area contributed by atoms with Crippen LogP contribution in [0, 0.1) is 10.1 Å². The molecule has 0 aromatic heterocycles. The minimum absolute atomic E-state index is 0.0780. The van der Waals surface area contributed by atoms with Crippen molar-refractivity contribution >= 4 is 23.3 Å². The highest BCUT2D eigenvalue weighted by atomic mass is 16.6. The molecule has 0 saturated heterocycles. The molecule has 0 unspecified atom stereocenters. The van der Waals surface area contributed by atoms with Gasteiger partial charge in [0.05, 0.1) is 17.1 Å². The lowest BCUT2D eigenvalue weighted by Crippen LogP contribution is -2.12. The molecule has 2 rings (SSSR count). The Kier molecular flexibility index (Phi) is 5.67. The fraction of sp³-hybridized carbons (Fsp3) is 0.176. The smallest absolute Gasteiger partial charge is 0.338 e. The Bertz CT molecular complexity index is 802. The highest BCUT2D eigenvalue weighted by Gasteiger charge is 2.16. The maximum Gasteiger partial charge on any atom is 0.338 e. The number of primary amides is 1. The van der Waals surface area contributed by atoms with Gasteiger partial charge in [-0.25, -0.2) is 4.79 Å². The maximum atomic E-state index is 11.6. The van der Waals surface area contributed by atoms with Gasteiger partial charge in [0.25, 0.3) is 5.69 Å². The number of esters is 1. The molecule has 2 aromatic rings. The summed E-state index contributed by atoms with van der Waals surface area (Å²) in [6.45, 7) is 2.20. The SMILES string of the molecule is CCOC(=O)c1ccc(NCc2ccc(C(N)=O)cc2[N+](=O)[O-])cc1. The zero-order valence-electron chi connectivity index (χ0n) is 13.5. The number of nitrogens with one attached hydrogen (secondary N) is 1. The quantitative estimate of drug-likeness (QED) is 0.452. The van der Waals surface area contributed by atoms with Gasteiger partial charge < -0.3 is 15.8 Å². The molecular weight excluding hydrogens is 326 g/mol. The van der Waals surface area contributed by atoms with Gasteiger partial charge in [-0.1, -0.05) is 0 Å². The van der Waals surface area contributed by atoms with E-state index in [2.05, 4.69) is 5.32 Å². The van der Waals surface area contributed by atoms with E-state index in [1.807, 2.05) is 0 Å². The summed E-state index contributed by atoms with van der Waals surface area (Å²) in [5.41, 5.74) is 6.54. The Hall–Kier alpha value is -3.42. The first-order valence-corrected chi connectivity index (χ1v) is 7.50. The van der Waals surface area contributed by atoms with Gasteiger partial charge in [-0.2, -0.15) is 0 Å². The van der Waals surface area contributed by atoms with E-state index in [1.165, 1.54) is 12.1 Å². The van der Waals surface area contributed by atoms with E-state index in [0.29, 0.717) is 23.4 Å². The molecule has 25 heavy (non-hydrogen) atoms. The van der Waals surface area contributed by atoms with Crippen LogP contribution in [-0.2, 0) is 11.3 Å². The molecule has 8 heteroatoms. The lowest BCUT2D eigenvalue weighted by molar-refractivity contribution is -0.385. The summed E-state index contributed by atoms with van der Waals surface area (Å²) in [4.78, 5) is 33.3. The topological polar surface area (TPSA) is 125 Å². The van der Waals surface area contributed by atoms with Gasteiger partial charge in [-0.05, 0) is 43.3 Å². The van der Waals surface area contributed by atoms with E-state index < -0.39 is 16.8 Å². The number of nitro benzene ring substituents is 1. The molecule has 0 aliphatic heterocycles. The number of rotatable bonds is 7. The summed E-state index contributed by atoms with van der Waals surface area (Å²) >= 11 is 0. The Balaban J connectivity index is 2.12. The van der Waals surface area contributed by atoms with Crippen molar-refractivity contribution in [3.63, 3.8) is 0 Å². The highest BCUT2D eigenvalue weighted by Crippen LogP contribution is 2.22. The molecule has 1 amide bonds. The Morgan fingerprint density at radius 2 is 1.80 bits per heavy atom. The third-order valence-corrected chi connectivity index (χ3v) is 3.45. The van der Waals surface area contributed by atoms with Crippen molar-refractivity contribution in [1.82, 2.24) is 0 Å². The summed E-state index contributed by atoms with van der Waals surface area (Å²) in [5, 5.41) is 14.2. The minimum atomic E-state index is -0.725. The second-order valence-electron chi connectivity index (χ2n) is 5.12. The van der Waals surface area contributed by atoms with Crippen molar-refractivity contribution in [1.29, 1.82) is 0 Å². The first-order chi connectivity index (χ1) is 11.9. The van der Waals surface area contributed by atoms with Crippen LogP contribution in [0.25, 0.3) is 0 Å². The van der Waals surface area contributed by atoms with Crippen LogP contribution >= 0.6 is 0 Å². The van der Waals surface area contributed by atoms with Gasteiger partial charge in [-0.3, -0.25) is 14.9 Å². The molecule has 3 N–H and O–H groups in total. The number of nitrogens with zero attached hydrogens (tertiary/aromatic N) is 1. The lowest BCUT2D eigenvalue weighted by atomic mass is 10.1. The second-order valence-corrected chi connectivity index (χ2v) is 5.12. The van der Waals surface area contributed by atoms with Crippen LogP contribution in [0.15, 0.2) is 42.5 Å². The molecule has 0 atom stereocenters. The number of carbonyl (C=O) groups excluding carboxylic acids is 2. The summed E-state index contributed by atoms with van der Waals surface area (Å²) in [6.07, 6.45) is 0. The van der Waals surface area contributed by atoms with E-state index >= 15 is 0 Å². The number of nitrogens with two attached hydrogens (primary N) is 1. The summed E-state index contributed by atoms with van der Waals surface area (Å²) in [7, 11) is 0. The standard InChI is InChI=1S/C17H17N3O5/c1-2-25-17(22)11-5-7-14(8-6-11)19-10-13-4-3-12(16(18)21)9-15(13)20(23)24/h3-9,19H,2,10H2,1H3,(H2,18,21). The summed E-state index contributed by atoms with van der Waals surface area (Å²) in [6, 6.07) is 10.6. The van der Waals surface area contributed by atoms with Crippen molar-refractivity contribution in [2.75, 3.05) is 11.9 Å². The zero-order valence-corrected chi connectivity index (χ0v) is 13.5. The van der Waals surface area contributed by atoms with Crippen LogP contribution in [0.5, 0.6) is 0 Å². The largest absolute Gasteiger partial charge is 0.462 e. The van der Waals surface area contributed by atoms with Crippen LogP contribution < -0.4 is 11.1 Å². The molecule has 8 nitrogen and oxygen atoms in total. The van der Waals surface area contributed by atoms with E-state index in [-0.39, 0.29) is 17.8 Å². The number of nitro groups is 1. The van der Waals surface area contributed by atoms with Crippen molar-refractivity contribution < 1.29 is 19.2 Å². The van der Waals surface area contributed by atoms with Crippen molar-refractivity contribution in [3.8, 4) is 0 Å². The molecule has 0 aliphatic rings. The van der Waals surface area contributed by atoms with Crippen molar-refractivity contribution in [2.45, 2.75) is 13.5 Å². The maximum absolute atomic E-state index is 11.6. The number of anilines is 1. The predicted molar refractivity (Wildman–Crippen MR) is 91.3 cm³/mol. The molecular formula is C17H17N3O5. The van der Waals surface area contributed by atoms with Crippen molar-refractivity contribution in [3.05, 3.63) is 69.3 Å². The molecule has 0 fully saturated rings. The first-order valence-electron chi connectivity index (χ1n) is 7.50. The number of carbonyl (C=O) groups is 2. The van der Waals surface area contributed by atoms with Crippen molar-refractivity contribution in [2.24, 2.45) is 5.73 Å². The van der Waals surface area contributed by atoms with Crippen LogP contribution in [-0.4, -0.2) is 23.4 Å². The monoisotopic (exact) mass is 343 g/mol. The molecule has 0 saturated carbocycles. The van der Waals surface area contributed by atoms with Crippen LogP contribution in [0.4, 0.5) is 11.4 Å². The van der Waals surface area contributed by atoms with Gasteiger partial charge in [0.2, 0.25) is 5.91 Å². The molecule has 0 aliphatic carbocycles. The Morgan fingerprint density at radius 3 is 2.36 bits per heavy atom. The fourth-order valence-electron chi connectivity index (χ4n) is 2.17. The molecule has 0 radical (unpaired) electrons. The van der Waals surface area contributed by atoms with E-state index in [1.54, 1.807) is 31.2 Å². The molecule has 0 heterocycles. The third-order valence-electron chi connectivity index (χ3n) is 3.45. The number of hydrogen-bond donors (Lipinski definition) is 2. The number of ether oxygens (including phenoxy) is 1. The van der Waals surface area contributed by atoms with Crippen LogP contribution in [0.2, 0.25) is 0 Å². The van der Waals surface area contributed by atoms with Gasteiger partial charge in [0, 0.05) is 29.4 Å². The number of hydrogen-bond acceptors (Lipinski definition) is 6. The van der Waals surface area contributed by atoms with E-state index in [9.17, 15) is 19.7 Å². The van der Waals surface area contributed by atoms with Gasteiger partial charge >= 0.3 is 5.97 Å². The molecule has 2 aromatic carbocycles. The highest BCUT2D eigenvalue weighted by molar-refractivity contribution is 5.93. The van der Waals surface area contributed by atoms with Gasteiger partial charge in [0.1, 0.15) is 0 Å². The molecule has 130 valence electrons. The molecule has 0 spiro atoms. The summed E-state index contributed by atoms with van der Waals surface area (Å²) in [5.74, 6) is -1.14. The number of amides is 1. The lowest BCUT2D eigenvalue weighted by Gasteiger charge is -2.09. The first kappa shape index (κ1) is 17.9. The fourth-order valence-corrected chi connectivity index (χ4v) is 2.17. The average molecular weight is 343 g/mol. The molecule has 0 bridgehead atoms. The van der Waals surface area contributed by atoms with Crippen LogP contribution in [0.1, 0.15) is 33.2 Å². The summed E-state index contributed by atoms with van der Waals surface area (Å²) < 4.78 is 4.90. The Morgan fingerprint density at radius 1 is 1.16 bits per heavy atom. The zero-order chi connectivity index (χ0) is 18.4. The third kappa shape index (κ3) is 4.54. The Labute approximate surface area is 143 Å². The number of benzene rings is 2.